The van der Waals surface area contributed by atoms with E-state index in [9.17, 15) is 0 Å². The van der Waals surface area contributed by atoms with Crippen LogP contribution in [0.15, 0.2) is 24.3 Å². The molecule has 0 aliphatic heterocycles. The first-order valence-corrected chi connectivity index (χ1v) is 8.20. The van der Waals surface area contributed by atoms with Crippen LogP contribution >= 0.6 is 27.7 Å². The van der Waals surface area contributed by atoms with Gasteiger partial charge in [0.15, 0.2) is 0 Å². The van der Waals surface area contributed by atoms with E-state index < -0.39 is 0 Å². The molecule has 0 spiro atoms. The Morgan fingerprint density at radius 3 is 2.69 bits per heavy atom. The van der Waals surface area contributed by atoms with Crippen molar-refractivity contribution in [2.45, 2.75) is 32.4 Å². The second kappa shape index (κ2) is 8.19. The van der Waals surface area contributed by atoms with Crippen molar-refractivity contribution in [2.75, 3.05) is 11.1 Å². The van der Waals surface area contributed by atoms with Crippen LogP contribution in [0.3, 0.4) is 0 Å². The largest absolute Gasteiger partial charge is 0.157 e. The summed E-state index contributed by atoms with van der Waals surface area (Å²) in [6.07, 6.45) is 2.63. The summed E-state index contributed by atoms with van der Waals surface area (Å²) < 4.78 is 0. The van der Waals surface area contributed by atoms with Gasteiger partial charge < -0.3 is 0 Å². The molecule has 0 aromatic heterocycles. The van der Waals surface area contributed by atoms with Crippen molar-refractivity contribution in [3.63, 3.8) is 0 Å². The van der Waals surface area contributed by atoms with Gasteiger partial charge in [0.1, 0.15) is 0 Å². The Bertz CT molecular complexity index is 299. The van der Waals surface area contributed by atoms with Crippen LogP contribution < -0.4 is 0 Å². The molecule has 90 valence electrons. The third-order valence-corrected chi connectivity index (χ3v) is 4.37. The molecular weight excluding hydrogens is 280 g/mol. The molecule has 0 N–H and O–H groups in total. The highest BCUT2D eigenvalue weighted by Crippen LogP contribution is 2.19. The predicted octanol–water partition coefficient (Wildman–Crippen LogP) is 5.04. The Morgan fingerprint density at radius 1 is 1.25 bits per heavy atom. The monoisotopic (exact) mass is 300 g/mol. The second-order valence-corrected chi connectivity index (χ2v) is 6.25. The van der Waals surface area contributed by atoms with E-state index in [1.165, 1.54) is 29.7 Å². The van der Waals surface area contributed by atoms with Gasteiger partial charge in [0.2, 0.25) is 0 Å². The first-order valence-electron chi connectivity index (χ1n) is 5.92. The molecule has 0 bridgehead atoms. The molecule has 0 radical (unpaired) electrons. The number of hydrogen-bond donors (Lipinski definition) is 0. The number of halogens is 1. The third kappa shape index (κ3) is 5.40. The highest BCUT2D eigenvalue weighted by Gasteiger charge is 2.02. The minimum absolute atomic E-state index is 0.851. The second-order valence-electron chi connectivity index (χ2n) is 4.35. The summed E-state index contributed by atoms with van der Waals surface area (Å²) >= 11 is 5.56. The molecule has 0 saturated carbocycles. The number of alkyl halides is 1. The lowest BCUT2D eigenvalue weighted by atomic mass is 10.1. The maximum absolute atomic E-state index is 3.50. The van der Waals surface area contributed by atoms with Crippen LogP contribution in [-0.4, -0.2) is 11.1 Å². The highest BCUT2D eigenvalue weighted by atomic mass is 79.9. The van der Waals surface area contributed by atoms with Gasteiger partial charge >= 0.3 is 0 Å². The standard InChI is InChI=1S/C14H21BrS/c1-12(7-9-15)8-10-16-11-14-6-4-3-5-13(14)2/h3-6,12H,7-11H2,1-2H3. The van der Waals surface area contributed by atoms with Crippen molar-refractivity contribution in [3.05, 3.63) is 35.4 Å². The lowest BCUT2D eigenvalue weighted by molar-refractivity contribution is 0.555. The molecule has 1 unspecified atom stereocenters. The van der Waals surface area contributed by atoms with E-state index in [1.807, 2.05) is 0 Å². The van der Waals surface area contributed by atoms with Gasteiger partial charge in [-0.3, -0.25) is 0 Å². The first kappa shape index (κ1) is 14.1. The molecule has 0 aliphatic carbocycles. The minimum Gasteiger partial charge on any atom is -0.157 e. The molecule has 1 aromatic carbocycles. The average Bonchev–Trinajstić information content (AvgIpc) is 2.27. The van der Waals surface area contributed by atoms with Gasteiger partial charge in [0.05, 0.1) is 0 Å². The SMILES string of the molecule is Cc1ccccc1CSCCC(C)CCBr. The number of benzene rings is 1. The molecule has 0 aliphatic rings. The zero-order chi connectivity index (χ0) is 11.8. The van der Waals surface area contributed by atoms with E-state index in [2.05, 4.69) is 65.8 Å². The average molecular weight is 301 g/mol. The smallest absolute Gasteiger partial charge is 0.0187 e. The minimum atomic E-state index is 0.851. The molecule has 16 heavy (non-hydrogen) atoms. The van der Waals surface area contributed by atoms with Crippen LogP contribution in [0.1, 0.15) is 30.9 Å². The van der Waals surface area contributed by atoms with Crippen molar-refractivity contribution in [1.29, 1.82) is 0 Å². The van der Waals surface area contributed by atoms with Gasteiger partial charge in [-0.2, -0.15) is 11.8 Å². The molecule has 0 nitrogen and oxygen atoms in total. The van der Waals surface area contributed by atoms with Crippen LogP contribution in [0.4, 0.5) is 0 Å². The summed E-state index contributed by atoms with van der Waals surface area (Å²) in [7, 11) is 0. The molecule has 0 fully saturated rings. The fraction of sp³-hybridized carbons (Fsp3) is 0.571. The van der Waals surface area contributed by atoms with Gasteiger partial charge in [0.25, 0.3) is 0 Å². The molecule has 2 heteroatoms. The van der Waals surface area contributed by atoms with E-state index >= 15 is 0 Å². The molecule has 1 aromatic rings. The number of aryl methyl sites for hydroxylation is 1. The van der Waals surface area contributed by atoms with Crippen LogP contribution in [0.5, 0.6) is 0 Å². The van der Waals surface area contributed by atoms with E-state index in [0.29, 0.717) is 0 Å². The molecule has 1 atom stereocenters. The van der Waals surface area contributed by atoms with Crippen LogP contribution in [-0.2, 0) is 5.75 Å². The van der Waals surface area contributed by atoms with E-state index in [1.54, 1.807) is 0 Å². The van der Waals surface area contributed by atoms with Gasteiger partial charge in [-0.05, 0) is 42.6 Å². The highest BCUT2D eigenvalue weighted by molar-refractivity contribution is 9.09. The zero-order valence-corrected chi connectivity index (χ0v) is 12.6. The van der Waals surface area contributed by atoms with E-state index in [0.717, 1.165) is 17.0 Å². The fourth-order valence-electron chi connectivity index (χ4n) is 1.57. The summed E-state index contributed by atoms with van der Waals surface area (Å²) in [4.78, 5) is 0. The molecule has 0 amide bonds. The topological polar surface area (TPSA) is 0 Å². The van der Waals surface area contributed by atoms with Crippen molar-refractivity contribution < 1.29 is 0 Å². The predicted molar refractivity (Wildman–Crippen MR) is 79.5 cm³/mol. The Hall–Kier alpha value is 0.0500. The number of thioether (sulfide) groups is 1. The molecule has 0 saturated heterocycles. The lowest BCUT2D eigenvalue weighted by Gasteiger charge is -2.09. The van der Waals surface area contributed by atoms with Crippen LogP contribution in [0.25, 0.3) is 0 Å². The summed E-state index contributed by atoms with van der Waals surface area (Å²) in [5.74, 6) is 3.29. The van der Waals surface area contributed by atoms with Crippen molar-refractivity contribution >= 4 is 27.7 Å². The Balaban J connectivity index is 2.19. The Kier molecular flexibility index (Phi) is 7.22. The fourth-order valence-corrected chi connectivity index (χ4v) is 3.61. The molecule has 0 heterocycles. The van der Waals surface area contributed by atoms with Crippen LogP contribution in [0, 0.1) is 12.8 Å². The van der Waals surface area contributed by atoms with Gasteiger partial charge in [-0.25, -0.2) is 0 Å². The summed E-state index contributed by atoms with van der Waals surface area (Å²) in [6.45, 7) is 4.54. The summed E-state index contributed by atoms with van der Waals surface area (Å²) in [5, 5.41) is 1.14. The maximum Gasteiger partial charge on any atom is 0.0187 e. The van der Waals surface area contributed by atoms with Crippen molar-refractivity contribution in [3.8, 4) is 0 Å². The van der Waals surface area contributed by atoms with Gasteiger partial charge in [0, 0.05) is 11.1 Å². The molecule has 1 rings (SSSR count). The van der Waals surface area contributed by atoms with E-state index in [-0.39, 0.29) is 0 Å². The third-order valence-electron chi connectivity index (χ3n) is 2.88. The zero-order valence-electron chi connectivity index (χ0n) is 10.2. The van der Waals surface area contributed by atoms with Gasteiger partial charge in [-0.15, -0.1) is 0 Å². The Labute approximate surface area is 112 Å². The number of hydrogen-bond acceptors (Lipinski definition) is 1. The Morgan fingerprint density at radius 2 is 2.00 bits per heavy atom. The maximum atomic E-state index is 3.50. The lowest BCUT2D eigenvalue weighted by Crippen LogP contribution is -1.97. The summed E-state index contributed by atoms with van der Waals surface area (Å²) in [5.41, 5.74) is 2.91. The van der Waals surface area contributed by atoms with Crippen LogP contribution in [0.2, 0.25) is 0 Å². The quantitative estimate of drug-likeness (QED) is 0.502. The van der Waals surface area contributed by atoms with Crippen molar-refractivity contribution in [1.82, 2.24) is 0 Å². The van der Waals surface area contributed by atoms with Crippen molar-refractivity contribution in [2.24, 2.45) is 5.92 Å². The molecular formula is C14H21BrS. The normalized spacial score (nSPS) is 12.7. The first-order chi connectivity index (χ1) is 7.74. The van der Waals surface area contributed by atoms with E-state index in [4.69, 9.17) is 0 Å². The number of rotatable bonds is 7. The summed E-state index contributed by atoms with van der Waals surface area (Å²) in [6, 6.07) is 8.69. The van der Waals surface area contributed by atoms with Gasteiger partial charge in [-0.1, -0.05) is 47.1 Å².